The Morgan fingerprint density at radius 1 is 0.964 bits per heavy atom. The van der Waals surface area contributed by atoms with Crippen LogP contribution >= 0.6 is 0 Å². The van der Waals surface area contributed by atoms with Gasteiger partial charge in [-0.25, -0.2) is 4.98 Å². The Balaban J connectivity index is 1.69. The van der Waals surface area contributed by atoms with E-state index in [0.29, 0.717) is 11.2 Å². The van der Waals surface area contributed by atoms with Gasteiger partial charge in [-0.05, 0) is 24.6 Å². The summed E-state index contributed by atoms with van der Waals surface area (Å²) < 4.78 is 3.23. The van der Waals surface area contributed by atoms with E-state index in [4.69, 9.17) is 0 Å². The Kier molecular flexibility index (Phi) is 3.65. The smallest absolute Gasteiger partial charge is 0.277 e. The summed E-state index contributed by atoms with van der Waals surface area (Å²) in [6.07, 6.45) is 6.96. The number of rotatable bonds is 3. The van der Waals surface area contributed by atoms with E-state index in [1.54, 1.807) is 25.6 Å². The molecule has 0 bridgehead atoms. The molecule has 1 N–H and O–H groups in total. The van der Waals surface area contributed by atoms with E-state index in [-0.39, 0.29) is 5.56 Å². The SMILES string of the molecule is Cc1c(-c2ccccc2)[nH]c2c(-n3cnc(-c4ccccn4)c3)cnn2c1=O. The molecule has 0 radical (unpaired) electrons. The molecule has 0 spiro atoms. The van der Waals surface area contributed by atoms with Gasteiger partial charge in [-0.1, -0.05) is 36.4 Å². The second kappa shape index (κ2) is 6.31. The van der Waals surface area contributed by atoms with Crippen LogP contribution < -0.4 is 5.56 Å². The van der Waals surface area contributed by atoms with Gasteiger partial charge in [0.2, 0.25) is 0 Å². The van der Waals surface area contributed by atoms with Crippen LogP contribution in [-0.2, 0) is 0 Å². The lowest BCUT2D eigenvalue weighted by molar-refractivity contribution is 0.887. The second-order valence-electron chi connectivity index (χ2n) is 6.47. The third-order valence-corrected chi connectivity index (χ3v) is 4.73. The largest absolute Gasteiger partial charge is 0.337 e. The summed E-state index contributed by atoms with van der Waals surface area (Å²) in [7, 11) is 0. The van der Waals surface area contributed by atoms with Crippen LogP contribution in [0.1, 0.15) is 5.56 Å². The molecule has 7 nitrogen and oxygen atoms in total. The summed E-state index contributed by atoms with van der Waals surface area (Å²) in [5.41, 5.74) is 5.08. The van der Waals surface area contributed by atoms with Gasteiger partial charge in [0, 0.05) is 18.0 Å². The number of pyridine rings is 1. The van der Waals surface area contributed by atoms with Crippen LogP contribution in [-0.4, -0.2) is 29.1 Å². The predicted octanol–water partition coefficient (Wildman–Crippen LogP) is 3.25. The van der Waals surface area contributed by atoms with Crippen molar-refractivity contribution in [1.82, 2.24) is 29.1 Å². The molecule has 28 heavy (non-hydrogen) atoms. The highest BCUT2D eigenvalue weighted by Crippen LogP contribution is 2.23. The van der Waals surface area contributed by atoms with Gasteiger partial charge in [0.25, 0.3) is 5.56 Å². The Morgan fingerprint density at radius 2 is 1.79 bits per heavy atom. The van der Waals surface area contributed by atoms with Gasteiger partial charge in [0.05, 0.1) is 17.6 Å². The van der Waals surface area contributed by atoms with E-state index >= 15 is 0 Å². The van der Waals surface area contributed by atoms with Crippen molar-refractivity contribution in [3.63, 3.8) is 0 Å². The standard InChI is InChI=1S/C21H16N6O/c1-14-19(15-7-3-2-4-8-15)25-20-18(11-24-27(20)21(14)28)26-12-17(23-13-26)16-9-5-6-10-22-16/h2-13,25H,1H3. The fourth-order valence-electron chi connectivity index (χ4n) is 3.27. The van der Waals surface area contributed by atoms with Crippen LogP contribution in [0.15, 0.2) is 78.2 Å². The summed E-state index contributed by atoms with van der Waals surface area (Å²) in [5.74, 6) is 0. The van der Waals surface area contributed by atoms with E-state index in [2.05, 4.69) is 20.1 Å². The number of H-pyrrole nitrogens is 1. The van der Waals surface area contributed by atoms with E-state index in [1.165, 1.54) is 4.52 Å². The normalized spacial score (nSPS) is 11.2. The highest BCUT2D eigenvalue weighted by atomic mass is 16.1. The molecule has 0 unspecified atom stereocenters. The maximum absolute atomic E-state index is 12.8. The highest BCUT2D eigenvalue weighted by Gasteiger charge is 2.15. The molecule has 0 aliphatic carbocycles. The molecule has 0 saturated carbocycles. The lowest BCUT2D eigenvalue weighted by Gasteiger charge is -2.08. The molecular weight excluding hydrogens is 352 g/mol. The number of hydrogen-bond acceptors (Lipinski definition) is 4. The first-order valence-corrected chi connectivity index (χ1v) is 8.84. The van der Waals surface area contributed by atoms with Gasteiger partial charge in [-0.3, -0.25) is 9.78 Å². The van der Waals surface area contributed by atoms with Gasteiger partial charge < -0.3 is 9.55 Å². The average Bonchev–Trinajstić information content (AvgIpc) is 3.39. The summed E-state index contributed by atoms with van der Waals surface area (Å²) in [6.45, 7) is 1.80. The minimum atomic E-state index is -0.149. The van der Waals surface area contributed by atoms with Gasteiger partial charge in [-0.15, -0.1) is 0 Å². The zero-order chi connectivity index (χ0) is 19.1. The fraction of sp³-hybridized carbons (Fsp3) is 0.0476. The van der Waals surface area contributed by atoms with Crippen LogP contribution in [0, 0.1) is 6.92 Å². The molecule has 0 aliphatic heterocycles. The van der Waals surface area contributed by atoms with Gasteiger partial charge in [0.1, 0.15) is 17.7 Å². The predicted molar refractivity (Wildman–Crippen MR) is 106 cm³/mol. The van der Waals surface area contributed by atoms with E-state index in [1.807, 2.05) is 59.3 Å². The molecule has 0 fully saturated rings. The first kappa shape index (κ1) is 16.2. The molecule has 0 saturated heterocycles. The van der Waals surface area contributed by atoms with Crippen molar-refractivity contribution < 1.29 is 0 Å². The van der Waals surface area contributed by atoms with E-state index in [9.17, 15) is 4.79 Å². The number of aromatic amines is 1. The van der Waals surface area contributed by atoms with Crippen molar-refractivity contribution in [2.45, 2.75) is 6.92 Å². The Labute approximate surface area is 160 Å². The number of nitrogens with zero attached hydrogens (tertiary/aromatic N) is 5. The minimum absolute atomic E-state index is 0.149. The summed E-state index contributed by atoms with van der Waals surface area (Å²) in [4.78, 5) is 25.0. The molecule has 0 aliphatic rings. The summed E-state index contributed by atoms with van der Waals surface area (Å²) >= 11 is 0. The van der Waals surface area contributed by atoms with Crippen molar-refractivity contribution in [3.05, 3.63) is 89.4 Å². The molecule has 136 valence electrons. The van der Waals surface area contributed by atoms with Crippen molar-refractivity contribution in [1.29, 1.82) is 0 Å². The molecule has 7 heteroatoms. The number of fused-ring (bicyclic) bond motifs is 1. The zero-order valence-corrected chi connectivity index (χ0v) is 15.1. The highest BCUT2D eigenvalue weighted by molar-refractivity contribution is 5.69. The molecular formula is C21H16N6O. The van der Waals surface area contributed by atoms with Crippen molar-refractivity contribution in [2.24, 2.45) is 0 Å². The van der Waals surface area contributed by atoms with Crippen LogP contribution in [0.3, 0.4) is 0 Å². The number of aromatic nitrogens is 6. The Bertz CT molecular complexity index is 1330. The molecule has 1 aromatic carbocycles. The minimum Gasteiger partial charge on any atom is -0.337 e. The Hall–Kier alpha value is -4.00. The summed E-state index contributed by atoms with van der Waals surface area (Å²) in [5, 5.41) is 4.28. The van der Waals surface area contributed by atoms with Crippen molar-refractivity contribution in [2.75, 3.05) is 0 Å². The molecule has 5 rings (SSSR count). The van der Waals surface area contributed by atoms with Crippen LogP contribution in [0.2, 0.25) is 0 Å². The van der Waals surface area contributed by atoms with Gasteiger partial charge >= 0.3 is 0 Å². The van der Waals surface area contributed by atoms with Crippen LogP contribution in [0.25, 0.3) is 34.0 Å². The monoisotopic (exact) mass is 368 g/mol. The number of benzene rings is 1. The Morgan fingerprint density at radius 3 is 2.57 bits per heavy atom. The molecule has 4 aromatic heterocycles. The first-order valence-electron chi connectivity index (χ1n) is 8.84. The third kappa shape index (κ3) is 2.52. The molecule has 0 amide bonds. The van der Waals surface area contributed by atoms with E-state index < -0.39 is 0 Å². The average molecular weight is 368 g/mol. The number of imidazole rings is 1. The molecule has 0 atom stereocenters. The topological polar surface area (TPSA) is 80.9 Å². The first-order chi connectivity index (χ1) is 13.7. The number of nitrogens with one attached hydrogen (secondary N) is 1. The molecule has 4 heterocycles. The number of hydrogen-bond donors (Lipinski definition) is 1. The maximum atomic E-state index is 12.8. The van der Waals surface area contributed by atoms with Gasteiger partial charge in [-0.2, -0.15) is 9.61 Å². The van der Waals surface area contributed by atoms with E-state index in [0.717, 1.165) is 28.3 Å². The van der Waals surface area contributed by atoms with Crippen molar-refractivity contribution >= 4 is 5.65 Å². The van der Waals surface area contributed by atoms with Crippen LogP contribution in [0.5, 0.6) is 0 Å². The third-order valence-electron chi connectivity index (χ3n) is 4.73. The summed E-state index contributed by atoms with van der Waals surface area (Å²) in [6, 6.07) is 15.5. The quantitative estimate of drug-likeness (QED) is 0.530. The maximum Gasteiger partial charge on any atom is 0.277 e. The molecule has 5 aromatic rings. The lowest BCUT2D eigenvalue weighted by atomic mass is 10.1. The van der Waals surface area contributed by atoms with Crippen molar-refractivity contribution in [3.8, 4) is 28.3 Å². The van der Waals surface area contributed by atoms with Gasteiger partial charge in [0.15, 0.2) is 5.65 Å². The lowest BCUT2D eigenvalue weighted by Crippen LogP contribution is -2.19. The second-order valence-corrected chi connectivity index (χ2v) is 6.47. The van der Waals surface area contributed by atoms with Crippen LogP contribution in [0.4, 0.5) is 0 Å². The zero-order valence-electron chi connectivity index (χ0n) is 15.1. The fourth-order valence-corrected chi connectivity index (χ4v) is 3.27.